The molecule has 0 aliphatic carbocycles. The summed E-state index contributed by atoms with van der Waals surface area (Å²) in [5, 5.41) is 11.0. The fraction of sp³-hybridized carbons (Fsp3) is 0.286. The maximum Gasteiger partial charge on any atom is 0.328 e. The van der Waals surface area contributed by atoms with Gasteiger partial charge < -0.3 is 10.0 Å². The highest BCUT2D eigenvalue weighted by Gasteiger charge is 2.33. The van der Waals surface area contributed by atoms with Gasteiger partial charge in [0.25, 0.3) is 0 Å². The van der Waals surface area contributed by atoms with E-state index in [4.69, 9.17) is 5.11 Å². The predicted octanol–water partition coefficient (Wildman–Crippen LogP) is 0.421. The van der Waals surface area contributed by atoms with Gasteiger partial charge in [0, 0.05) is 17.8 Å². The monoisotopic (exact) mass is 289 g/mol. The van der Waals surface area contributed by atoms with Gasteiger partial charge in [-0.15, -0.1) is 0 Å². The van der Waals surface area contributed by atoms with Crippen molar-refractivity contribution < 1.29 is 19.5 Å². The number of anilines is 1. The van der Waals surface area contributed by atoms with Crippen molar-refractivity contribution in [3.8, 4) is 0 Å². The number of carboxylic acid groups (broad SMARTS) is 1. The molecule has 1 saturated heterocycles. The van der Waals surface area contributed by atoms with Crippen LogP contribution in [0.15, 0.2) is 24.4 Å². The second kappa shape index (κ2) is 6.17. The molecule has 1 aromatic rings. The summed E-state index contributed by atoms with van der Waals surface area (Å²) in [4.78, 5) is 39.9. The average Bonchev–Trinajstić information content (AvgIpc) is 2.44. The fourth-order valence-corrected chi connectivity index (χ4v) is 2.24. The topological polar surface area (TPSA) is 99.6 Å². The van der Waals surface area contributed by atoms with E-state index in [1.54, 1.807) is 17.0 Å². The normalized spacial score (nSPS) is 18.9. The number of hydrogen-bond donors (Lipinski definition) is 2. The number of aliphatic carboxylic acids is 1. The molecule has 0 radical (unpaired) electrons. The number of imide groups is 1. The van der Waals surface area contributed by atoms with E-state index < -0.39 is 17.9 Å². The number of carboxylic acids is 1. The van der Waals surface area contributed by atoms with Gasteiger partial charge in [0.1, 0.15) is 11.9 Å². The molecule has 1 aliphatic rings. The van der Waals surface area contributed by atoms with E-state index >= 15 is 0 Å². The molecule has 1 atom stereocenters. The Labute approximate surface area is 121 Å². The maximum atomic E-state index is 11.9. The number of carbonyl (C=O) groups is 3. The van der Waals surface area contributed by atoms with E-state index in [2.05, 4.69) is 10.3 Å². The van der Waals surface area contributed by atoms with Crippen LogP contribution >= 0.6 is 0 Å². The summed E-state index contributed by atoms with van der Waals surface area (Å²) in [5.74, 6) is -1.43. The molecule has 1 unspecified atom stereocenters. The molecule has 0 bridgehead atoms. The van der Waals surface area contributed by atoms with Crippen molar-refractivity contribution in [2.24, 2.45) is 0 Å². The lowest BCUT2D eigenvalue weighted by Crippen LogP contribution is -2.58. The lowest BCUT2D eigenvalue weighted by Gasteiger charge is -2.35. The molecule has 1 fully saturated rings. The van der Waals surface area contributed by atoms with Crippen LogP contribution in [-0.2, 0) is 14.4 Å². The van der Waals surface area contributed by atoms with E-state index in [9.17, 15) is 14.4 Å². The maximum absolute atomic E-state index is 11.9. The minimum absolute atomic E-state index is 0.00910. The van der Waals surface area contributed by atoms with Crippen LogP contribution in [0, 0.1) is 0 Å². The fourth-order valence-electron chi connectivity index (χ4n) is 2.24. The Morgan fingerprint density at radius 3 is 3.00 bits per heavy atom. The highest BCUT2D eigenvalue weighted by atomic mass is 16.4. The summed E-state index contributed by atoms with van der Waals surface area (Å²) in [6.45, 7) is 1.85. The van der Waals surface area contributed by atoms with Crippen molar-refractivity contribution in [2.45, 2.75) is 19.4 Å². The number of aromatic nitrogens is 1. The summed E-state index contributed by atoms with van der Waals surface area (Å²) in [7, 11) is 0. The lowest BCUT2D eigenvalue weighted by molar-refractivity contribution is -0.133. The first-order valence-electron chi connectivity index (χ1n) is 6.49. The molecular weight excluding hydrogens is 274 g/mol. The highest BCUT2D eigenvalue weighted by Crippen LogP contribution is 2.23. The van der Waals surface area contributed by atoms with E-state index in [0.717, 1.165) is 6.08 Å². The number of nitrogens with zero attached hydrogens (tertiary/aromatic N) is 2. The Morgan fingerprint density at radius 1 is 1.57 bits per heavy atom. The minimum Gasteiger partial charge on any atom is -0.478 e. The van der Waals surface area contributed by atoms with Crippen LogP contribution in [0.1, 0.15) is 18.9 Å². The Balaban J connectivity index is 2.41. The van der Waals surface area contributed by atoms with Crippen LogP contribution in [0.4, 0.5) is 5.82 Å². The predicted molar refractivity (Wildman–Crippen MR) is 75.5 cm³/mol. The number of rotatable bonds is 4. The number of piperazine rings is 1. The summed E-state index contributed by atoms with van der Waals surface area (Å²) in [6.07, 6.45) is 4.44. The van der Waals surface area contributed by atoms with E-state index in [1.807, 2.05) is 6.92 Å². The Kier molecular flexibility index (Phi) is 4.32. The summed E-state index contributed by atoms with van der Waals surface area (Å²) >= 11 is 0. The molecule has 1 aromatic heterocycles. The summed E-state index contributed by atoms with van der Waals surface area (Å²) < 4.78 is 0. The van der Waals surface area contributed by atoms with Crippen molar-refractivity contribution in [3.05, 3.63) is 30.0 Å². The molecule has 21 heavy (non-hydrogen) atoms. The Bertz CT molecular complexity index is 612. The molecule has 0 aromatic carbocycles. The van der Waals surface area contributed by atoms with Gasteiger partial charge in [-0.05, 0) is 24.6 Å². The second-order valence-corrected chi connectivity index (χ2v) is 4.55. The molecule has 2 amide bonds. The zero-order valence-electron chi connectivity index (χ0n) is 11.4. The minimum atomic E-state index is -1.08. The average molecular weight is 289 g/mol. The number of pyridine rings is 1. The standard InChI is InChI=1S/C14H15N3O4/c1-2-10-14(21)16-11(18)8-17(10)13-9(4-3-7-15-13)5-6-12(19)20/h3-7,10H,2,8H2,1H3,(H,19,20)(H,16,18,21)/b6-5+. The smallest absolute Gasteiger partial charge is 0.328 e. The quantitative estimate of drug-likeness (QED) is 0.615. The van der Waals surface area contributed by atoms with Crippen LogP contribution in [-0.4, -0.2) is 40.5 Å². The van der Waals surface area contributed by atoms with Gasteiger partial charge in [-0.1, -0.05) is 6.92 Å². The third-order valence-corrected chi connectivity index (χ3v) is 3.14. The van der Waals surface area contributed by atoms with Gasteiger partial charge in [0.05, 0.1) is 6.54 Å². The zero-order chi connectivity index (χ0) is 15.4. The number of nitrogens with one attached hydrogen (secondary N) is 1. The van der Waals surface area contributed by atoms with Crippen LogP contribution in [0.2, 0.25) is 0 Å². The van der Waals surface area contributed by atoms with Crippen molar-refractivity contribution in [2.75, 3.05) is 11.4 Å². The van der Waals surface area contributed by atoms with E-state index in [-0.39, 0.29) is 12.5 Å². The van der Waals surface area contributed by atoms with Gasteiger partial charge in [-0.3, -0.25) is 14.9 Å². The molecule has 0 spiro atoms. The zero-order valence-corrected chi connectivity index (χ0v) is 11.4. The van der Waals surface area contributed by atoms with Crippen LogP contribution in [0.3, 0.4) is 0 Å². The van der Waals surface area contributed by atoms with Gasteiger partial charge in [0.2, 0.25) is 11.8 Å². The van der Waals surface area contributed by atoms with Crippen LogP contribution < -0.4 is 10.2 Å². The Hall–Kier alpha value is -2.70. The van der Waals surface area contributed by atoms with Gasteiger partial charge >= 0.3 is 5.97 Å². The van der Waals surface area contributed by atoms with Crippen LogP contribution in [0.5, 0.6) is 0 Å². The number of amides is 2. The largest absolute Gasteiger partial charge is 0.478 e. The number of carbonyl (C=O) groups excluding carboxylic acids is 2. The molecule has 0 saturated carbocycles. The summed E-state index contributed by atoms with van der Waals surface area (Å²) in [5.41, 5.74) is 0.542. The van der Waals surface area contributed by atoms with Crippen molar-refractivity contribution in [3.63, 3.8) is 0 Å². The Morgan fingerprint density at radius 2 is 2.33 bits per heavy atom. The first kappa shape index (κ1) is 14.7. The molecule has 110 valence electrons. The summed E-state index contributed by atoms with van der Waals surface area (Å²) in [6, 6.07) is 2.85. The third kappa shape index (κ3) is 3.25. The molecular formula is C14H15N3O4. The van der Waals surface area contributed by atoms with Crippen LogP contribution in [0.25, 0.3) is 6.08 Å². The third-order valence-electron chi connectivity index (χ3n) is 3.14. The molecule has 2 heterocycles. The number of hydrogen-bond acceptors (Lipinski definition) is 5. The van der Waals surface area contributed by atoms with E-state index in [0.29, 0.717) is 17.8 Å². The van der Waals surface area contributed by atoms with Crippen molar-refractivity contribution in [1.82, 2.24) is 10.3 Å². The van der Waals surface area contributed by atoms with Gasteiger partial charge in [-0.2, -0.15) is 0 Å². The molecule has 2 N–H and O–H groups in total. The molecule has 7 nitrogen and oxygen atoms in total. The van der Waals surface area contributed by atoms with Crippen molar-refractivity contribution >= 4 is 29.7 Å². The SMILES string of the molecule is CCC1C(=O)NC(=O)CN1c1ncccc1/C=C/C(=O)O. The first-order chi connectivity index (χ1) is 10.0. The van der Waals surface area contributed by atoms with Crippen molar-refractivity contribution in [1.29, 1.82) is 0 Å². The van der Waals surface area contributed by atoms with Gasteiger partial charge in [-0.25, -0.2) is 9.78 Å². The highest BCUT2D eigenvalue weighted by molar-refractivity contribution is 6.04. The molecule has 2 rings (SSSR count). The molecule has 7 heteroatoms. The van der Waals surface area contributed by atoms with Gasteiger partial charge in [0.15, 0.2) is 0 Å². The second-order valence-electron chi connectivity index (χ2n) is 4.55. The first-order valence-corrected chi connectivity index (χ1v) is 6.49. The lowest BCUT2D eigenvalue weighted by atomic mass is 10.1. The van der Waals surface area contributed by atoms with E-state index in [1.165, 1.54) is 12.3 Å². The molecule has 1 aliphatic heterocycles.